The van der Waals surface area contributed by atoms with Gasteiger partial charge in [0, 0.05) is 25.3 Å². The lowest BCUT2D eigenvalue weighted by atomic mass is 10.2. The topological polar surface area (TPSA) is 116 Å². The molecule has 0 saturated heterocycles. The van der Waals surface area contributed by atoms with Gasteiger partial charge in [0.15, 0.2) is 6.61 Å². The van der Waals surface area contributed by atoms with Gasteiger partial charge in [-0.05, 0) is 24.6 Å². The standard InChI is InChI=1S/C16H15ClN4O5/c1-10-7-14(20(2)19-10)18-15(22)9-26-16(23)6-4-11-3-5-12(17)13(8-11)21(24)25/h3-8H,9H2,1-2H3,(H,18,22)/b6-4+. The van der Waals surface area contributed by atoms with Gasteiger partial charge in [-0.25, -0.2) is 4.79 Å². The number of carbonyl (C=O) groups is 2. The third-order valence-electron chi connectivity index (χ3n) is 3.19. The van der Waals surface area contributed by atoms with E-state index in [1.54, 1.807) is 20.0 Å². The van der Waals surface area contributed by atoms with Crippen molar-refractivity contribution < 1.29 is 19.2 Å². The van der Waals surface area contributed by atoms with Crippen LogP contribution in [0.4, 0.5) is 11.5 Å². The molecule has 2 aromatic rings. The number of amides is 1. The first-order chi connectivity index (χ1) is 12.3. The van der Waals surface area contributed by atoms with Crippen molar-refractivity contribution in [3.05, 3.63) is 56.7 Å². The number of nitro groups is 1. The predicted octanol–water partition coefficient (Wildman–Crippen LogP) is 2.49. The SMILES string of the molecule is Cc1cc(NC(=O)COC(=O)/C=C/c2ccc(Cl)c([N+](=O)[O-])c2)n(C)n1. The maximum atomic E-state index is 11.8. The van der Waals surface area contributed by atoms with E-state index in [1.807, 2.05) is 0 Å². The van der Waals surface area contributed by atoms with Crippen LogP contribution in [-0.4, -0.2) is 33.2 Å². The van der Waals surface area contributed by atoms with E-state index in [0.29, 0.717) is 11.4 Å². The van der Waals surface area contributed by atoms with Crippen LogP contribution in [-0.2, 0) is 21.4 Å². The van der Waals surface area contributed by atoms with Crippen LogP contribution in [0, 0.1) is 17.0 Å². The molecule has 1 aromatic heterocycles. The second kappa shape index (κ2) is 8.26. The van der Waals surface area contributed by atoms with E-state index < -0.39 is 23.4 Å². The number of halogens is 1. The highest BCUT2D eigenvalue weighted by Gasteiger charge is 2.12. The first-order valence-electron chi connectivity index (χ1n) is 7.35. The number of nitro benzene ring substituents is 1. The summed E-state index contributed by atoms with van der Waals surface area (Å²) in [4.78, 5) is 33.6. The van der Waals surface area contributed by atoms with Gasteiger partial charge in [-0.3, -0.25) is 19.6 Å². The molecule has 1 aromatic carbocycles. The Morgan fingerprint density at radius 3 is 2.77 bits per heavy atom. The van der Waals surface area contributed by atoms with Gasteiger partial charge in [0.25, 0.3) is 11.6 Å². The van der Waals surface area contributed by atoms with Gasteiger partial charge in [0.1, 0.15) is 10.8 Å². The molecule has 0 bridgehead atoms. The molecule has 0 unspecified atom stereocenters. The van der Waals surface area contributed by atoms with Crippen molar-refractivity contribution in [3.8, 4) is 0 Å². The number of nitrogens with one attached hydrogen (secondary N) is 1. The lowest BCUT2D eigenvalue weighted by Crippen LogP contribution is -2.21. The minimum Gasteiger partial charge on any atom is -0.452 e. The molecule has 1 amide bonds. The van der Waals surface area contributed by atoms with Gasteiger partial charge in [-0.15, -0.1) is 0 Å². The van der Waals surface area contributed by atoms with Gasteiger partial charge in [-0.1, -0.05) is 17.7 Å². The molecule has 0 atom stereocenters. The summed E-state index contributed by atoms with van der Waals surface area (Å²) in [5.41, 5.74) is 0.862. The summed E-state index contributed by atoms with van der Waals surface area (Å²) in [6, 6.07) is 5.77. The highest BCUT2D eigenvalue weighted by atomic mass is 35.5. The van der Waals surface area contributed by atoms with Gasteiger partial charge in [0.2, 0.25) is 0 Å². The molecular formula is C16H15ClN4O5. The zero-order chi connectivity index (χ0) is 19.3. The Labute approximate surface area is 153 Å². The van der Waals surface area contributed by atoms with Crippen molar-refractivity contribution in [1.82, 2.24) is 9.78 Å². The van der Waals surface area contributed by atoms with Crippen molar-refractivity contribution in [2.45, 2.75) is 6.92 Å². The van der Waals surface area contributed by atoms with Crippen molar-refractivity contribution in [1.29, 1.82) is 0 Å². The number of rotatable bonds is 6. The third-order valence-corrected chi connectivity index (χ3v) is 3.51. The summed E-state index contributed by atoms with van der Waals surface area (Å²) in [6.45, 7) is 1.30. The molecule has 10 heteroatoms. The van der Waals surface area contributed by atoms with Gasteiger partial charge in [-0.2, -0.15) is 5.10 Å². The molecule has 0 saturated carbocycles. The molecule has 26 heavy (non-hydrogen) atoms. The Balaban J connectivity index is 1.89. The molecule has 1 N–H and O–H groups in total. The Hall–Kier alpha value is -3.20. The molecule has 0 radical (unpaired) electrons. The van der Waals surface area contributed by atoms with E-state index in [9.17, 15) is 19.7 Å². The monoisotopic (exact) mass is 378 g/mol. The minimum absolute atomic E-state index is 0.00296. The predicted molar refractivity (Wildman–Crippen MR) is 94.7 cm³/mol. The molecule has 0 spiro atoms. The molecule has 136 valence electrons. The van der Waals surface area contributed by atoms with Crippen LogP contribution in [0.2, 0.25) is 5.02 Å². The highest BCUT2D eigenvalue weighted by Crippen LogP contribution is 2.25. The zero-order valence-electron chi connectivity index (χ0n) is 13.9. The van der Waals surface area contributed by atoms with Crippen molar-refractivity contribution in [2.75, 3.05) is 11.9 Å². The molecule has 1 heterocycles. The van der Waals surface area contributed by atoms with Crippen molar-refractivity contribution in [3.63, 3.8) is 0 Å². The maximum absolute atomic E-state index is 11.8. The number of nitrogens with zero attached hydrogens (tertiary/aromatic N) is 3. The fraction of sp³-hybridized carbons (Fsp3) is 0.188. The van der Waals surface area contributed by atoms with E-state index in [1.165, 1.54) is 29.0 Å². The normalized spacial score (nSPS) is 10.7. The molecule has 2 rings (SSSR count). The Morgan fingerprint density at radius 1 is 1.42 bits per heavy atom. The van der Waals surface area contributed by atoms with E-state index in [0.717, 1.165) is 11.8 Å². The number of hydrogen-bond acceptors (Lipinski definition) is 6. The van der Waals surface area contributed by atoms with E-state index in [4.69, 9.17) is 16.3 Å². The van der Waals surface area contributed by atoms with Gasteiger partial charge in [0.05, 0.1) is 10.6 Å². The Bertz CT molecular complexity index is 891. The van der Waals surface area contributed by atoms with Gasteiger partial charge >= 0.3 is 5.97 Å². The van der Waals surface area contributed by atoms with E-state index in [2.05, 4.69) is 10.4 Å². The average Bonchev–Trinajstić information content (AvgIpc) is 2.89. The van der Waals surface area contributed by atoms with Crippen LogP contribution in [0.3, 0.4) is 0 Å². The van der Waals surface area contributed by atoms with Crippen LogP contribution in [0.25, 0.3) is 6.08 Å². The third kappa shape index (κ3) is 5.15. The molecule has 0 aliphatic rings. The number of benzene rings is 1. The second-order valence-corrected chi connectivity index (χ2v) is 5.66. The fourth-order valence-electron chi connectivity index (χ4n) is 2.03. The largest absolute Gasteiger partial charge is 0.452 e. The molecule has 0 aliphatic carbocycles. The minimum atomic E-state index is -0.765. The maximum Gasteiger partial charge on any atom is 0.331 e. The van der Waals surface area contributed by atoms with Crippen LogP contribution in [0.5, 0.6) is 0 Å². The number of aryl methyl sites for hydroxylation is 2. The summed E-state index contributed by atoms with van der Waals surface area (Å²) in [5, 5.41) is 17.4. The number of aromatic nitrogens is 2. The number of ether oxygens (including phenoxy) is 1. The van der Waals surface area contributed by atoms with Crippen molar-refractivity contribution in [2.24, 2.45) is 7.05 Å². The summed E-state index contributed by atoms with van der Waals surface area (Å²) < 4.78 is 6.31. The lowest BCUT2D eigenvalue weighted by molar-refractivity contribution is -0.384. The molecule has 0 aliphatic heterocycles. The van der Waals surface area contributed by atoms with Crippen LogP contribution >= 0.6 is 11.6 Å². The van der Waals surface area contributed by atoms with Gasteiger partial charge < -0.3 is 10.1 Å². The average molecular weight is 379 g/mol. The van der Waals surface area contributed by atoms with Crippen LogP contribution in [0.1, 0.15) is 11.3 Å². The zero-order valence-corrected chi connectivity index (χ0v) is 14.7. The molecular weight excluding hydrogens is 364 g/mol. The smallest absolute Gasteiger partial charge is 0.331 e. The fourth-order valence-corrected chi connectivity index (χ4v) is 2.22. The van der Waals surface area contributed by atoms with Crippen molar-refractivity contribution >= 4 is 41.1 Å². The number of hydrogen-bond donors (Lipinski definition) is 1. The second-order valence-electron chi connectivity index (χ2n) is 5.25. The molecule has 0 fully saturated rings. The van der Waals surface area contributed by atoms with Crippen LogP contribution < -0.4 is 5.32 Å². The number of esters is 1. The summed E-state index contributed by atoms with van der Waals surface area (Å²) in [5.74, 6) is -0.802. The van der Waals surface area contributed by atoms with E-state index in [-0.39, 0.29) is 10.7 Å². The first-order valence-corrected chi connectivity index (χ1v) is 7.73. The summed E-state index contributed by atoms with van der Waals surface area (Å²) in [7, 11) is 1.67. The quantitative estimate of drug-likeness (QED) is 0.357. The lowest BCUT2D eigenvalue weighted by Gasteiger charge is -2.05. The van der Waals surface area contributed by atoms with Crippen LogP contribution in [0.15, 0.2) is 30.3 Å². The highest BCUT2D eigenvalue weighted by molar-refractivity contribution is 6.32. The summed E-state index contributed by atoms with van der Waals surface area (Å²) in [6.07, 6.45) is 2.39. The van der Waals surface area contributed by atoms with E-state index >= 15 is 0 Å². The number of carbonyl (C=O) groups excluding carboxylic acids is 2. The molecule has 9 nitrogen and oxygen atoms in total. The Morgan fingerprint density at radius 2 is 2.15 bits per heavy atom. The summed E-state index contributed by atoms with van der Waals surface area (Å²) >= 11 is 5.71. The number of anilines is 1. The Kier molecular flexibility index (Phi) is 6.07. The first kappa shape index (κ1) is 19.1.